The van der Waals surface area contributed by atoms with Gasteiger partial charge in [-0.15, -0.1) is 0 Å². The van der Waals surface area contributed by atoms with Gasteiger partial charge in [0.1, 0.15) is 5.76 Å². The number of hydrogen-bond acceptors (Lipinski definition) is 3. The molecule has 0 saturated heterocycles. The first-order chi connectivity index (χ1) is 13.5. The SMILES string of the molecule is C=C(O)/C=C(\C)Cc1cccn1-c1ccc(CC)c(N[C@H]2CC[C@H](O)CC2)c1. The number of aryl methyl sites for hydroxylation is 1. The summed E-state index contributed by atoms with van der Waals surface area (Å²) in [5.74, 6) is 0.0898. The first-order valence-electron chi connectivity index (χ1n) is 10.3. The monoisotopic (exact) mass is 380 g/mol. The van der Waals surface area contributed by atoms with Crippen LogP contribution >= 0.6 is 0 Å². The number of nitrogens with zero attached hydrogens (tertiary/aromatic N) is 1. The van der Waals surface area contributed by atoms with E-state index in [4.69, 9.17) is 0 Å². The first-order valence-corrected chi connectivity index (χ1v) is 10.3. The highest BCUT2D eigenvalue weighted by molar-refractivity contribution is 5.58. The number of allylic oxidation sites excluding steroid dienone is 2. The van der Waals surface area contributed by atoms with Crippen LogP contribution in [0.25, 0.3) is 5.69 Å². The molecule has 3 rings (SSSR count). The lowest BCUT2D eigenvalue weighted by molar-refractivity contribution is 0.126. The van der Waals surface area contributed by atoms with Crippen LogP contribution in [0.15, 0.2) is 60.5 Å². The zero-order chi connectivity index (χ0) is 20.1. The molecule has 1 saturated carbocycles. The van der Waals surface area contributed by atoms with Crippen molar-refractivity contribution in [3.05, 3.63) is 71.8 Å². The number of anilines is 1. The minimum atomic E-state index is -0.135. The van der Waals surface area contributed by atoms with Gasteiger partial charge in [0.2, 0.25) is 0 Å². The maximum atomic E-state index is 9.76. The van der Waals surface area contributed by atoms with Crippen molar-refractivity contribution in [3.8, 4) is 5.69 Å². The average Bonchev–Trinajstić information content (AvgIpc) is 3.11. The molecule has 1 aliphatic rings. The Balaban J connectivity index is 1.84. The van der Waals surface area contributed by atoms with E-state index in [1.54, 1.807) is 6.08 Å². The highest BCUT2D eigenvalue weighted by Gasteiger charge is 2.20. The van der Waals surface area contributed by atoms with Crippen LogP contribution in [-0.2, 0) is 12.8 Å². The molecule has 1 aromatic carbocycles. The van der Waals surface area contributed by atoms with Crippen molar-refractivity contribution in [2.24, 2.45) is 0 Å². The van der Waals surface area contributed by atoms with Crippen molar-refractivity contribution in [1.29, 1.82) is 0 Å². The quantitative estimate of drug-likeness (QED) is 0.450. The Morgan fingerprint density at radius 2 is 2.00 bits per heavy atom. The van der Waals surface area contributed by atoms with Crippen LogP contribution in [0.4, 0.5) is 5.69 Å². The van der Waals surface area contributed by atoms with Gasteiger partial charge < -0.3 is 20.1 Å². The van der Waals surface area contributed by atoms with E-state index in [1.165, 1.54) is 16.9 Å². The maximum absolute atomic E-state index is 9.76. The highest BCUT2D eigenvalue weighted by atomic mass is 16.3. The molecule has 1 fully saturated rings. The molecule has 4 nitrogen and oxygen atoms in total. The molecule has 1 aromatic heterocycles. The van der Waals surface area contributed by atoms with E-state index in [2.05, 4.69) is 59.9 Å². The Labute approximate surface area is 168 Å². The van der Waals surface area contributed by atoms with Crippen LogP contribution in [0.1, 0.15) is 50.8 Å². The summed E-state index contributed by atoms with van der Waals surface area (Å²) < 4.78 is 2.20. The average molecular weight is 381 g/mol. The number of aliphatic hydroxyl groups excluding tert-OH is 2. The number of rotatable bonds is 7. The van der Waals surface area contributed by atoms with Gasteiger partial charge in [0.05, 0.1) is 6.10 Å². The van der Waals surface area contributed by atoms with E-state index in [9.17, 15) is 10.2 Å². The van der Waals surface area contributed by atoms with Gasteiger partial charge in [-0.1, -0.05) is 25.1 Å². The molecule has 4 heteroatoms. The van der Waals surface area contributed by atoms with E-state index in [0.717, 1.165) is 49.8 Å². The summed E-state index contributed by atoms with van der Waals surface area (Å²) in [5.41, 5.74) is 5.88. The molecule has 3 N–H and O–H groups in total. The number of benzene rings is 1. The zero-order valence-corrected chi connectivity index (χ0v) is 17.0. The lowest BCUT2D eigenvalue weighted by atomic mass is 9.92. The lowest BCUT2D eigenvalue weighted by Crippen LogP contribution is -2.28. The van der Waals surface area contributed by atoms with Gasteiger partial charge in [-0.25, -0.2) is 0 Å². The number of hydrogen-bond donors (Lipinski definition) is 3. The maximum Gasteiger partial charge on any atom is 0.108 e. The van der Waals surface area contributed by atoms with Crippen molar-refractivity contribution < 1.29 is 10.2 Å². The summed E-state index contributed by atoms with van der Waals surface area (Å²) in [7, 11) is 0. The van der Waals surface area contributed by atoms with Crippen LogP contribution in [0, 0.1) is 0 Å². The molecule has 1 aliphatic carbocycles. The smallest absolute Gasteiger partial charge is 0.108 e. The molecule has 0 bridgehead atoms. The molecule has 28 heavy (non-hydrogen) atoms. The Hall–Kier alpha value is -2.46. The van der Waals surface area contributed by atoms with Crippen molar-refractivity contribution in [2.75, 3.05) is 5.32 Å². The van der Waals surface area contributed by atoms with Crippen LogP contribution in [0.2, 0.25) is 0 Å². The van der Waals surface area contributed by atoms with Gasteiger partial charge >= 0.3 is 0 Å². The van der Waals surface area contributed by atoms with Crippen LogP contribution in [-0.4, -0.2) is 26.9 Å². The molecule has 0 amide bonds. The van der Waals surface area contributed by atoms with E-state index in [0.29, 0.717) is 6.04 Å². The molecule has 0 atom stereocenters. The minimum Gasteiger partial charge on any atom is -0.509 e. The van der Waals surface area contributed by atoms with E-state index in [-0.39, 0.29) is 11.9 Å². The van der Waals surface area contributed by atoms with Crippen molar-refractivity contribution >= 4 is 5.69 Å². The van der Waals surface area contributed by atoms with Gasteiger partial charge in [0.25, 0.3) is 0 Å². The summed E-state index contributed by atoms with van der Waals surface area (Å²) in [4.78, 5) is 0. The van der Waals surface area contributed by atoms with Gasteiger partial charge in [-0.05, 0) is 74.9 Å². The van der Waals surface area contributed by atoms with Crippen LogP contribution in [0.3, 0.4) is 0 Å². The minimum absolute atomic E-state index is 0.0898. The molecule has 1 heterocycles. The van der Waals surface area contributed by atoms with E-state index < -0.39 is 0 Å². The molecule has 0 aliphatic heterocycles. The Morgan fingerprint density at radius 1 is 1.25 bits per heavy atom. The van der Waals surface area contributed by atoms with E-state index in [1.807, 2.05) is 6.92 Å². The summed E-state index contributed by atoms with van der Waals surface area (Å²) in [6.45, 7) is 7.73. The Kier molecular flexibility index (Phi) is 6.63. The van der Waals surface area contributed by atoms with Crippen molar-refractivity contribution in [2.45, 2.75) is 64.5 Å². The predicted octanol–water partition coefficient (Wildman–Crippen LogP) is 5.32. The third kappa shape index (κ3) is 5.08. The fourth-order valence-corrected chi connectivity index (χ4v) is 4.03. The molecule has 0 radical (unpaired) electrons. The zero-order valence-electron chi connectivity index (χ0n) is 17.0. The normalized spacial score (nSPS) is 20.2. The first kappa shape index (κ1) is 20.3. The second kappa shape index (κ2) is 9.16. The van der Waals surface area contributed by atoms with Gasteiger partial charge in [0, 0.05) is 35.7 Å². The number of aromatic nitrogens is 1. The Bertz CT molecular complexity index is 842. The number of nitrogens with one attached hydrogen (secondary N) is 1. The second-order valence-electron chi connectivity index (χ2n) is 7.87. The predicted molar refractivity (Wildman–Crippen MR) is 116 cm³/mol. The van der Waals surface area contributed by atoms with Crippen LogP contribution < -0.4 is 5.32 Å². The largest absolute Gasteiger partial charge is 0.509 e. The summed E-state index contributed by atoms with van der Waals surface area (Å²) >= 11 is 0. The van der Waals surface area contributed by atoms with Crippen molar-refractivity contribution in [3.63, 3.8) is 0 Å². The standard InChI is InChI=1S/C24H32N2O2/c1-4-19-7-10-22(16-24(19)25-20-8-11-23(28)12-9-20)26-13-5-6-21(26)15-17(2)14-18(3)27/h5-7,10,13-14,16,20,23,25,27-28H,3-4,8-9,11-12,15H2,1-2H3/b17-14+/t20-,23-. The third-order valence-electron chi connectivity index (χ3n) is 5.52. The highest BCUT2D eigenvalue weighted by Crippen LogP contribution is 2.27. The second-order valence-corrected chi connectivity index (χ2v) is 7.87. The molecule has 2 aromatic rings. The van der Waals surface area contributed by atoms with Crippen LogP contribution in [0.5, 0.6) is 0 Å². The van der Waals surface area contributed by atoms with Gasteiger partial charge in [-0.3, -0.25) is 0 Å². The third-order valence-corrected chi connectivity index (χ3v) is 5.52. The van der Waals surface area contributed by atoms with Gasteiger partial charge in [0.15, 0.2) is 0 Å². The topological polar surface area (TPSA) is 57.4 Å². The summed E-state index contributed by atoms with van der Waals surface area (Å²) in [6, 6.07) is 11.2. The molecule has 0 spiro atoms. The molecular formula is C24H32N2O2. The summed E-state index contributed by atoms with van der Waals surface area (Å²) in [5, 5.41) is 22.9. The van der Waals surface area contributed by atoms with Crippen molar-refractivity contribution in [1.82, 2.24) is 4.57 Å². The molecular weight excluding hydrogens is 348 g/mol. The van der Waals surface area contributed by atoms with E-state index >= 15 is 0 Å². The molecule has 0 unspecified atom stereocenters. The Morgan fingerprint density at radius 3 is 2.68 bits per heavy atom. The fraction of sp³-hybridized carbons (Fsp3) is 0.417. The fourth-order valence-electron chi connectivity index (χ4n) is 4.03. The lowest BCUT2D eigenvalue weighted by Gasteiger charge is -2.28. The van der Waals surface area contributed by atoms with Gasteiger partial charge in [-0.2, -0.15) is 0 Å². The molecule has 150 valence electrons. The summed E-state index contributed by atoms with van der Waals surface area (Å²) in [6.07, 6.45) is 9.17. The number of aliphatic hydroxyl groups is 2.